The van der Waals surface area contributed by atoms with Crippen molar-refractivity contribution < 1.29 is 23.9 Å². The maximum atomic E-state index is 11.9. The molecule has 0 atom stereocenters. The summed E-state index contributed by atoms with van der Waals surface area (Å²) in [5, 5.41) is 5.25. The Kier molecular flexibility index (Phi) is 7.77. The Morgan fingerprint density at radius 1 is 0.931 bits per heavy atom. The normalized spacial score (nSPS) is 10.4. The van der Waals surface area contributed by atoms with Gasteiger partial charge in [-0.05, 0) is 54.3 Å². The first-order valence-electron chi connectivity index (χ1n) is 9.31. The number of carbonyl (C=O) groups is 3. The van der Waals surface area contributed by atoms with Crippen LogP contribution in [0.4, 0.5) is 11.4 Å². The van der Waals surface area contributed by atoms with Crippen LogP contribution >= 0.6 is 0 Å². The summed E-state index contributed by atoms with van der Waals surface area (Å²) in [6.07, 6.45) is 0. The van der Waals surface area contributed by atoms with Crippen molar-refractivity contribution in [2.24, 2.45) is 0 Å². The molecule has 0 unspecified atom stereocenters. The molecule has 7 nitrogen and oxygen atoms in total. The van der Waals surface area contributed by atoms with E-state index in [1.165, 1.54) is 6.92 Å². The summed E-state index contributed by atoms with van der Waals surface area (Å²) in [4.78, 5) is 34.9. The molecule has 2 amide bonds. The molecule has 7 heteroatoms. The van der Waals surface area contributed by atoms with Gasteiger partial charge in [-0.25, -0.2) is 4.79 Å². The van der Waals surface area contributed by atoms with Gasteiger partial charge in [0.2, 0.25) is 5.91 Å². The second-order valence-electron chi connectivity index (χ2n) is 6.95. The van der Waals surface area contributed by atoms with Gasteiger partial charge in [0.25, 0.3) is 5.91 Å². The number of amides is 2. The van der Waals surface area contributed by atoms with Gasteiger partial charge in [-0.2, -0.15) is 0 Å². The summed E-state index contributed by atoms with van der Waals surface area (Å²) < 4.78 is 10.6. The van der Waals surface area contributed by atoms with Gasteiger partial charge < -0.3 is 20.1 Å². The molecular formula is C22H26N2O5. The van der Waals surface area contributed by atoms with Gasteiger partial charge >= 0.3 is 5.97 Å². The maximum Gasteiger partial charge on any atom is 0.344 e. The van der Waals surface area contributed by atoms with E-state index in [-0.39, 0.29) is 18.4 Å². The van der Waals surface area contributed by atoms with Crippen molar-refractivity contribution in [2.75, 3.05) is 23.8 Å². The Balaban J connectivity index is 1.80. The number of carbonyl (C=O) groups excluding carboxylic acids is 3. The van der Waals surface area contributed by atoms with Gasteiger partial charge in [0.1, 0.15) is 5.75 Å². The zero-order valence-electron chi connectivity index (χ0n) is 17.1. The predicted octanol–water partition coefficient (Wildman–Crippen LogP) is 3.64. The van der Waals surface area contributed by atoms with Gasteiger partial charge in [-0.3, -0.25) is 9.59 Å². The second-order valence-corrected chi connectivity index (χ2v) is 6.95. The molecule has 0 aliphatic rings. The van der Waals surface area contributed by atoms with Gasteiger partial charge in [-0.15, -0.1) is 0 Å². The highest BCUT2D eigenvalue weighted by Crippen LogP contribution is 2.27. The highest BCUT2D eigenvalue weighted by atomic mass is 16.6. The van der Waals surface area contributed by atoms with Crippen molar-refractivity contribution in [3.05, 3.63) is 53.6 Å². The molecule has 2 aromatic carbocycles. The van der Waals surface area contributed by atoms with E-state index in [0.29, 0.717) is 17.1 Å². The van der Waals surface area contributed by atoms with Crippen LogP contribution in [0.1, 0.15) is 37.8 Å². The number of hydrogen-bond acceptors (Lipinski definition) is 5. The van der Waals surface area contributed by atoms with Gasteiger partial charge in [0.15, 0.2) is 13.2 Å². The third kappa shape index (κ3) is 7.29. The Hall–Kier alpha value is -3.35. The van der Waals surface area contributed by atoms with E-state index in [2.05, 4.69) is 10.6 Å². The van der Waals surface area contributed by atoms with Crippen LogP contribution in [-0.2, 0) is 19.1 Å². The topological polar surface area (TPSA) is 93.7 Å². The number of benzene rings is 2. The average Bonchev–Trinajstić information content (AvgIpc) is 2.65. The first kappa shape index (κ1) is 21.9. The summed E-state index contributed by atoms with van der Waals surface area (Å²) in [5.74, 6) is -0.381. The zero-order valence-corrected chi connectivity index (χ0v) is 17.1. The van der Waals surface area contributed by atoms with Crippen LogP contribution in [0.25, 0.3) is 0 Å². The molecular weight excluding hydrogens is 372 g/mol. The quantitative estimate of drug-likeness (QED) is 0.662. The first-order valence-corrected chi connectivity index (χ1v) is 9.31. The molecule has 0 spiro atoms. The minimum absolute atomic E-state index is 0.179. The Morgan fingerprint density at radius 2 is 1.55 bits per heavy atom. The lowest BCUT2D eigenvalue weighted by Gasteiger charge is -2.14. The van der Waals surface area contributed by atoms with E-state index in [0.717, 1.165) is 11.1 Å². The lowest BCUT2D eigenvalue weighted by molar-refractivity contribution is -0.149. The van der Waals surface area contributed by atoms with Crippen LogP contribution in [-0.4, -0.2) is 31.0 Å². The van der Waals surface area contributed by atoms with E-state index in [4.69, 9.17) is 9.47 Å². The number of esters is 1. The molecule has 0 bridgehead atoms. The van der Waals surface area contributed by atoms with Gasteiger partial charge in [0.05, 0.1) is 0 Å². The second kappa shape index (κ2) is 10.3. The fourth-order valence-corrected chi connectivity index (χ4v) is 2.61. The van der Waals surface area contributed by atoms with E-state index < -0.39 is 18.5 Å². The van der Waals surface area contributed by atoms with Crippen molar-refractivity contribution >= 4 is 29.2 Å². The van der Waals surface area contributed by atoms with Crippen molar-refractivity contribution in [1.29, 1.82) is 0 Å². The molecule has 0 saturated heterocycles. The van der Waals surface area contributed by atoms with Crippen molar-refractivity contribution in [3.8, 4) is 5.75 Å². The largest absolute Gasteiger partial charge is 0.482 e. The number of anilines is 2. The van der Waals surface area contributed by atoms with Crippen LogP contribution in [0.5, 0.6) is 5.75 Å². The summed E-state index contributed by atoms with van der Waals surface area (Å²) >= 11 is 0. The lowest BCUT2D eigenvalue weighted by atomic mass is 10.0. The SMILES string of the molecule is CC(=O)Nc1ccc(NC(=O)COC(=O)COc2cc(C)ccc2C(C)C)cc1. The number of aryl methyl sites for hydroxylation is 1. The third-order valence-corrected chi connectivity index (χ3v) is 3.99. The first-order chi connectivity index (χ1) is 13.7. The van der Waals surface area contributed by atoms with Crippen LogP contribution in [0.15, 0.2) is 42.5 Å². The molecule has 2 aromatic rings. The molecule has 0 aromatic heterocycles. The Bertz CT molecular complexity index is 875. The maximum absolute atomic E-state index is 11.9. The fraction of sp³-hybridized carbons (Fsp3) is 0.318. The smallest absolute Gasteiger partial charge is 0.344 e. The van der Waals surface area contributed by atoms with E-state index >= 15 is 0 Å². The van der Waals surface area contributed by atoms with Crippen LogP contribution < -0.4 is 15.4 Å². The van der Waals surface area contributed by atoms with E-state index in [9.17, 15) is 14.4 Å². The zero-order chi connectivity index (χ0) is 21.4. The van der Waals surface area contributed by atoms with E-state index in [1.54, 1.807) is 24.3 Å². The molecule has 0 heterocycles. The Morgan fingerprint density at radius 3 is 2.14 bits per heavy atom. The number of ether oxygens (including phenoxy) is 2. The molecule has 0 saturated carbocycles. The monoisotopic (exact) mass is 398 g/mol. The number of hydrogen-bond donors (Lipinski definition) is 2. The van der Waals surface area contributed by atoms with Gasteiger partial charge in [-0.1, -0.05) is 26.0 Å². The highest BCUT2D eigenvalue weighted by molar-refractivity contribution is 5.93. The van der Waals surface area contributed by atoms with Crippen molar-refractivity contribution in [1.82, 2.24) is 0 Å². The van der Waals surface area contributed by atoms with Gasteiger partial charge in [0, 0.05) is 18.3 Å². The molecule has 2 N–H and O–H groups in total. The molecule has 29 heavy (non-hydrogen) atoms. The van der Waals surface area contributed by atoms with Crippen LogP contribution in [0, 0.1) is 6.92 Å². The lowest BCUT2D eigenvalue weighted by Crippen LogP contribution is -2.23. The van der Waals surface area contributed by atoms with E-state index in [1.807, 2.05) is 39.0 Å². The fourth-order valence-electron chi connectivity index (χ4n) is 2.61. The van der Waals surface area contributed by atoms with Crippen molar-refractivity contribution in [3.63, 3.8) is 0 Å². The number of nitrogens with one attached hydrogen (secondary N) is 2. The summed E-state index contributed by atoms with van der Waals surface area (Å²) in [5.41, 5.74) is 3.18. The molecule has 2 rings (SSSR count). The summed E-state index contributed by atoms with van der Waals surface area (Å²) in [6, 6.07) is 12.4. The number of rotatable bonds is 8. The summed E-state index contributed by atoms with van der Waals surface area (Å²) in [6.45, 7) is 6.76. The van der Waals surface area contributed by atoms with Crippen LogP contribution in [0.2, 0.25) is 0 Å². The predicted molar refractivity (Wildman–Crippen MR) is 111 cm³/mol. The van der Waals surface area contributed by atoms with Crippen molar-refractivity contribution in [2.45, 2.75) is 33.6 Å². The molecule has 0 fully saturated rings. The minimum Gasteiger partial charge on any atom is -0.482 e. The van der Waals surface area contributed by atoms with Crippen LogP contribution in [0.3, 0.4) is 0 Å². The molecule has 154 valence electrons. The molecule has 0 aliphatic heterocycles. The minimum atomic E-state index is -0.627. The standard InChI is InChI=1S/C22H26N2O5/c1-14(2)19-10-5-15(3)11-20(19)28-13-22(27)29-12-21(26)24-18-8-6-17(7-9-18)23-16(4)25/h5-11,14H,12-13H2,1-4H3,(H,23,25)(H,24,26). The average molecular weight is 398 g/mol. The highest BCUT2D eigenvalue weighted by Gasteiger charge is 2.12. The third-order valence-electron chi connectivity index (χ3n) is 3.99. The summed E-state index contributed by atoms with van der Waals surface area (Å²) in [7, 11) is 0. The molecule has 0 aliphatic carbocycles. The Labute approximate surface area is 170 Å². The molecule has 0 radical (unpaired) electrons.